The van der Waals surface area contributed by atoms with Gasteiger partial charge < -0.3 is 4.74 Å². The molecule has 0 aliphatic rings. The van der Waals surface area contributed by atoms with Gasteiger partial charge in [-0.25, -0.2) is 8.78 Å². The Morgan fingerprint density at radius 3 is 2.29 bits per heavy atom. The van der Waals surface area contributed by atoms with Crippen LogP contribution in [0.25, 0.3) is 0 Å². The van der Waals surface area contributed by atoms with Crippen molar-refractivity contribution in [1.29, 1.82) is 0 Å². The number of hydrogen-bond donors (Lipinski definition) is 0. The smallest absolute Gasteiger partial charge is 0.387 e. The number of carbonyl (C=O) groups is 1. The predicted molar refractivity (Wildman–Crippen MR) is 55.7 cm³/mol. The molecule has 0 amide bonds. The second-order valence-electron chi connectivity index (χ2n) is 3.11. The zero-order chi connectivity index (χ0) is 13.2. The van der Waals surface area contributed by atoms with Crippen molar-refractivity contribution in [3.8, 4) is 5.75 Å². The molecule has 0 N–H and O–H groups in total. The standard InChI is InChI=1S/C10H7BrF4O2/c1-4(16)5-2-6(9(12)13)8(7(11)3-5)17-10(14)15/h2-3,9-10H,1H3. The van der Waals surface area contributed by atoms with Crippen LogP contribution >= 0.6 is 15.9 Å². The first kappa shape index (κ1) is 14.0. The largest absolute Gasteiger partial charge is 0.433 e. The molecular formula is C10H7BrF4O2. The fourth-order valence-corrected chi connectivity index (χ4v) is 1.76. The Bertz CT molecular complexity index is 435. The predicted octanol–water partition coefficient (Wildman–Crippen LogP) is 4.19. The van der Waals surface area contributed by atoms with Crippen LogP contribution in [0.5, 0.6) is 5.75 Å². The van der Waals surface area contributed by atoms with E-state index in [0.29, 0.717) is 0 Å². The van der Waals surface area contributed by atoms with Gasteiger partial charge in [-0.3, -0.25) is 4.79 Å². The lowest BCUT2D eigenvalue weighted by molar-refractivity contribution is -0.0525. The van der Waals surface area contributed by atoms with Crippen LogP contribution in [0.1, 0.15) is 29.3 Å². The zero-order valence-electron chi connectivity index (χ0n) is 8.52. The van der Waals surface area contributed by atoms with E-state index in [1.54, 1.807) is 0 Å². The molecule has 0 aromatic heterocycles. The van der Waals surface area contributed by atoms with Crippen LogP contribution < -0.4 is 4.74 Å². The summed E-state index contributed by atoms with van der Waals surface area (Å²) in [5.74, 6) is -1.10. The van der Waals surface area contributed by atoms with E-state index in [2.05, 4.69) is 20.7 Å². The van der Waals surface area contributed by atoms with Crippen LogP contribution in [0.3, 0.4) is 0 Å². The molecule has 2 nitrogen and oxygen atoms in total. The number of halogens is 5. The van der Waals surface area contributed by atoms with Gasteiger partial charge in [0.05, 0.1) is 10.0 Å². The molecule has 0 saturated heterocycles. The lowest BCUT2D eigenvalue weighted by Gasteiger charge is -2.13. The van der Waals surface area contributed by atoms with Gasteiger partial charge in [-0.1, -0.05) is 0 Å². The lowest BCUT2D eigenvalue weighted by atomic mass is 10.1. The zero-order valence-corrected chi connectivity index (χ0v) is 10.1. The van der Waals surface area contributed by atoms with Crippen LogP contribution in [0.4, 0.5) is 17.6 Å². The second-order valence-corrected chi connectivity index (χ2v) is 3.97. The Balaban J connectivity index is 3.33. The van der Waals surface area contributed by atoms with Crippen molar-refractivity contribution in [3.63, 3.8) is 0 Å². The van der Waals surface area contributed by atoms with Crippen molar-refractivity contribution >= 4 is 21.7 Å². The molecule has 94 valence electrons. The number of ether oxygens (including phenoxy) is 1. The topological polar surface area (TPSA) is 26.3 Å². The van der Waals surface area contributed by atoms with E-state index in [0.717, 1.165) is 12.1 Å². The molecule has 0 heterocycles. The van der Waals surface area contributed by atoms with Gasteiger partial charge in [0.2, 0.25) is 0 Å². The summed E-state index contributed by atoms with van der Waals surface area (Å²) in [6.07, 6.45) is -3.01. The van der Waals surface area contributed by atoms with E-state index in [4.69, 9.17) is 0 Å². The third-order valence-electron chi connectivity index (χ3n) is 1.92. The first-order valence-corrected chi connectivity index (χ1v) is 5.19. The quantitative estimate of drug-likeness (QED) is 0.615. The summed E-state index contributed by atoms with van der Waals surface area (Å²) < 4.78 is 53.3. The number of alkyl halides is 4. The summed E-state index contributed by atoms with van der Waals surface area (Å²) in [5.41, 5.74) is -0.751. The number of Topliss-reactive ketones (excluding diaryl/α,β-unsaturated/α-hetero) is 1. The Morgan fingerprint density at radius 1 is 1.29 bits per heavy atom. The summed E-state index contributed by atoms with van der Waals surface area (Å²) in [6, 6.07) is 2.00. The highest BCUT2D eigenvalue weighted by Gasteiger charge is 2.22. The van der Waals surface area contributed by atoms with E-state index >= 15 is 0 Å². The maximum atomic E-state index is 12.6. The van der Waals surface area contributed by atoms with Gasteiger partial charge in [-0.15, -0.1) is 0 Å². The van der Waals surface area contributed by atoms with E-state index < -0.39 is 30.1 Å². The van der Waals surface area contributed by atoms with E-state index in [9.17, 15) is 22.4 Å². The molecule has 0 saturated carbocycles. The van der Waals surface area contributed by atoms with Gasteiger partial charge in [0.25, 0.3) is 6.43 Å². The molecule has 0 fully saturated rings. The van der Waals surface area contributed by atoms with E-state index in [1.807, 2.05) is 0 Å². The third-order valence-corrected chi connectivity index (χ3v) is 2.51. The number of benzene rings is 1. The minimum Gasteiger partial charge on any atom is -0.433 e. The molecule has 1 aromatic carbocycles. The van der Waals surface area contributed by atoms with Gasteiger partial charge in [-0.05, 0) is 35.0 Å². The first-order valence-electron chi connectivity index (χ1n) is 4.40. The maximum Gasteiger partial charge on any atom is 0.387 e. The molecular weight excluding hydrogens is 308 g/mol. The van der Waals surface area contributed by atoms with E-state index in [1.165, 1.54) is 6.92 Å². The van der Waals surface area contributed by atoms with Crippen molar-refractivity contribution in [2.24, 2.45) is 0 Å². The summed E-state index contributed by atoms with van der Waals surface area (Å²) in [4.78, 5) is 11.1. The molecule has 7 heteroatoms. The summed E-state index contributed by atoms with van der Waals surface area (Å²) in [6.45, 7) is -2.03. The Hall–Kier alpha value is -1.11. The molecule has 0 aliphatic carbocycles. The minimum atomic E-state index is -3.22. The maximum absolute atomic E-state index is 12.6. The average molecular weight is 315 g/mol. The second kappa shape index (κ2) is 5.48. The van der Waals surface area contributed by atoms with Crippen LogP contribution in [-0.2, 0) is 0 Å². The lowest BCUT2D eigenvalue weighted by Crippen LogP contribution is -2.07. The first-order chi connectivity index (χ1) is 7.82. The molecule has 0 bridgehead atoms. The van der Waals surface area contributed by atoms with Crippen LogP contribution in [0, 0.1) is 0 Å². The number of hydrogen-bond acceptors (Lipinski definition) is 2. The number of carbonyl (C=O) groups excluding carboxylic acids is 1. The molecule has 1 aromatic rings. The molecule has 17 heavy (non-hydrogen) atoms. The third kappa shape index (κ3) is 3.42. The Morgan fingerprint density at radius 2 is 1.88 bits per heavy atom. The highest BCUT2D eigenvalue weighted by molar-refractivity contribution is 9.10. The molecule has 0 spiro atoms. The normalized spacial score (nSPS) is 11.1. The van der Waals surface area contributed by atoms with Crippen LogP contribution in [0.15, 0.2) is 16.6 Å². The van der Waals surface area contributed by atoms with Gasteiger partial charge in [-0.2, -0.15) is 8.78 Å². The van der Waals surface area contributed by atoms with Crippen molar-refractivity contribution in [2.75, 3.05) is 0 Å². The molecule has 0 atom stereocenters. The molecule has 1 rings (SSSR count). The summed E-state index contributed by atoms with van der Waals surface area (Å²) >= 11 is 2.82. The SMILES string of the molecule is CC(=O)c1cc(Br)c(OC(F)F)c(C(F)F)c1. The highest BCUT2D eigenvalue weighted by Crippen LogP contribution is 2.37. The van der Waals surface area contributed by atoms with Crippen molar-refractivity contribution in [3.05, 3.63) is 27.7 Å². The van der Waals surface area contributed by atoms with Gasteiger partial charge in [0.15, 0.2) is 5.78 Å². The summed E-state index contributed by atoms with van der Waals surface area (Å²) in [5, 5.41) is 0. The Kier molecular flexibility index (Phi) is 4.50. The average Bonchev–Trinajstić information content (AvgIpc) is 2.19. The monoisotopic (exact) mass is 314 g/mol. The molecule has 0 aliphatic heterocycles. The highest BCUT2D eigenvalue weighted by atomic mass is 79.9. The van der Waals surface area contributed by atoms with Gasteiger partial charge >= 0.3 is 6.61 Å². The Labute approximate surface area is 103 Å². The van der Waals surface area contributed by atoms with Crippen molar-refractivity contribution in [1.82, 2.24) is 0 Å². The molecule has 0 unspecified atom stereocenters. The number of ketones is 1. The van der Waals surface area contributed by atoms with Gasteiger partial charge in [0.1, 0.15) is 5.75 Å². The fourth-order valence-electron chi connectivity index (χ4n) is 1.19. The summed E-state index contributed by atoms with van der Waals surface area (Å²) in [7, 11) is 0. The van der Waals surface area contributed by atoms with Crippen molar-refractivity contribution in [2.45, 2.75) is 20.0 Å². The van der Waals surface area contributed by atoms with Crippen LogP contribution in [-0.4, -0.2) is 12.4 Å². The number of rotatable bonds is 4. The van der Waals surface area contributed by atoms with Crippen molar-refractivity contribution < 1.29 is 27.1 Å². The van der Waals surface area contributed by atoms with Crippen LogP contribution in [0.2, 0.25) is 0 Å². The molecule has 0 radical (unpaired) electrons. The van der Waals surface area contributed by atoms with Gasteiger partial charge in [0, 0.05) is 5.56 Å². The minimum absolute atomic E-state index is 0.00575. The fraction of sp³-hybridized carbons (Fsp3) is 0.300. The van der Waals surface area contributed by atoms with E-state index in [-0.39, 0.29) is 10.0 Å².